The predicted octanol–water partition coefficient (Wildman–Crippen LogP) is 3.28. The molecule has 6 nitrogen and oxygen atoms in total. The molecule has 2 aromatic rings. The number of amides is 2. The number of hydrogen-bond acceptors (Lipinski definition) is 4. The Morgan fingerprint density at radius 2 is 1.77 bits per heavy atom. The van der Waals surface area contributed by atoms with Gasteiger partial charge in [0.2, 0.25) is 0 Å². The lowest BCUT2D eigenvalue weighted by molar-refractivity contribution is 0.236. The van der Waals surface area contributed by atoms with Crippen molar-refractivity contribution < 1.29 is 19.0 Å². The van der Waals surface area contributed by atoms with Gasteiger partial charge >= 0.3 is 6.03 Å². The Bertz CT molecular complexity index is 724. The number of carbonyl (C=O) groups is 1. The van der Waals surface area contributed by atoms with Gasteiger partial charge in [-0.25, -0.2) is 4.79 Å². The monoisotopic (exact) mass is 378 g/mol. The van der Waals surface area contributed by atoms with Gasteiger partial charge in [0.25, 0.3) is 0 Å². The van der Waals surface area contributed by atoms with E-state index in [1.165, 1.54) is 0 Å². The Morgan fingerprint density at radius 1 is 1.00 bits per heavy atom. The second-order valence-corrected chi connectivity index (χ2v) is 5.86. The van der Waals surface area contributed by atoms with E-state index in [4.69, 9.17) is 25.8 Å². The Labute approximate surface area is 158 Å². The minimum atomic E-state index is -0.236. The average Bonchev–Trinajstić information content (AvgIpc) is 2.65. The number of nitrogens with one attached hydrogen (secondary N) is 2. The van der Waals surface area contributed by atoms with Gasteiger partial charge in [-0.3, -0.25) is 0 Å². The summed E-state index contributed by atoms with van der Waals surface area (Å²) in [5.41, 5.74) is 1.05. The Kier molecular flexibility index (Phi) is 7.89. The Balaban J connectivity index is 1.64. The summed E-state index contributed by atoms with van der Waals surface area (Å²) in [4.78, 5) is 11.8. The van der Waals surface area contributed by atoms with Crippen molar-refractivity contribution >= 4 is 17.6 Å². The molecular weight excluding hydrogens is 356 g/mol. The molecule has 0 spiro atoms. The molecule has 140 valence electrons. The maximum Gasteiger partial charge on any atom is 0.314 e. The fourth-order valence-corrected chi connectivity index (χ4v) is 2.49. The molecule has 0 saturated heterocycles. The molecule has 2 N–H and O–H groups in total. The molecule has 0 heterocycles. The van der Waals surface area contributed by atoms with Crippen molar-refractivity contribution in [2.45, 2.75) is 6.42 Å². The number of carbonyl (C=O) groups excluding carboxylic acids is 1. The highest BCUT2D eigenvalue weighted by molar-refractivity contribution is 6.30. The maximum absolute atomic E-state index is 11.8. The first-order valence-electron chi connectivity index (χ1n) is 8.23. The van der Waals surface area contributed by atoms with Crippen LogP contribution < -0.4 is 24.8 Å². The number of methoxy groups -OCH3 is 2. The molecular formula is C19H23ClN2O4. The van der Waals surface area contributed by atoms with Crippen LogP contribution in [0.1, 0.15) is 5.56 Å². The molecule has 0 bridgehead atoms. The van der Waals surface area contributed by atoms with E-state index in [1.54, 1.807) is 26.4 Å². The lowest BCUT2D eigenvalue weighted by Crippen LogP contribution is -2.38. The first-order valence-corrected chi connectivity index (χ1v) is 8.61. The van der Waals surface area contributed by atoms with Gasteiger partial charge in [0.05, 0.1) is 20.8 Å². The smallest absolute Gasteiger partial charge is 0.314 e. The zero-order chi connectivity index (χ0) is 18.8. The summed E-state index contributed by atoms with van der Waals surface area (Å²) < 4.78 is 16.0. The van der Waals surface area contributed by atoms with Crippen LogP contribution in [0.15, 0.2) is 42.5 Å². The van der Waals surface area contributed by atoms with Gasteiger partial charge in [-0.05, 0) is 42.3 Å². The first-order chi connectivity index (χ1) is 12.6. The van der Waals surface area contributed by atoms with Crippen molar-refractivity contribution in [3.8, 4) is 17.2 Å². The largest absolute Gasteiger partial charge is 0.493 e. The topological polar surface area (TPSA) is 68.8 Å². The van der Waals surface area contributed by atoms with Gasteiger partial charge < -0.3 is 24.8 Å². The highest BCUT2D eigenvalue weighted by Gasteiger charge is 2.05. The van der Waals surface area contributed by atoms with Crippen molar-refractivity contribution in [1.29, 1.82) is 0 Å². The summed E-state index contributed by atoms with van der Waals surface area (Å²) in [5, 5.41) is 6.16. The van der Waals surface area contributed by atoms with Crippen LogP contribution >= 0.6 is 11.6 Å². The van der Waals surface area contributed by atoms with Gasteiger partial charge in [0, 0.05) is 11.6 Å². The van der Waals surface area contributed by atoms with E-state index in [1.807, 2.05) is 30.3 Å². The van der Waals surface area contributed by atoms with E-state index in [0.717, 1.165) is 5.56 Å². The minimum absolute atomic E-state index is 0.236. The SMILES string of the molecule is COc1ccc(CCNC(=O)NCCOc2cccc(Cl)c2)cc1OC. The fraction of sp³-hybridized carbons (Fsp3) is 0.316. The van der Waals surface area contributed by atoms with E-state index in [9.17, 15) is 4.79 Å². The van der Waals surface area contributed by atoms with Gasteiger partial charge in [-0.15, -0.1) is 0 Å². The van der Waals surface area contributed by atoms with Crippen LogP contribution in [0, 0.1) is 0 Å². The standard InChI is InChI=1S/C19H23ClN2O4/c1-24-17-7-6-14(12-18(17)25-2)8-9-21-19(23)22-10-11-26-16-5-3-4-15(20)13-16/h3-7,12-13H,8-11H2,1-2H3,(H2,21,22,23). The van der Waals surface area contributed by atoms with Crippen molar-refractivity contribution in [2.75, 3.05) is 33.9 Å². The zero-order valence-corrected chi connectivity index (χ0v) is 15.6. The summed E-state index contributed by atoms with van der Waals surface area (Å²) in [6, 6.07) is 12.6. The van der Waals surface area contributed by atoms with Gasteiger partial charge in [0.15, 0.2) is 11.5 Å². The van der Waals surface area contributed by atoms with E-state index in [0.29, 0.717) is 48.4 Å². The first kappa shape index (κ1) is 19.7. The third kappa shape index (κ3) is 6.37. The Morgan fingerprint density at radius 3 is 2.50 bits per heavy atom. The van der Waals surface area contributed by atoms with Crippen molar-refractivity contribution in [1.82, 2.24) is 10.6 Å². The summed E-state index contributed by atoms with van der Waals surface area (Å²) >= 11 is 5.88. The Hall–Kier alpha value is -2.60. The molecule has 2 aromatic carbocycles. The molecule has 0 radical (unpaired) electrons. The molecule has 0 saturated carbocycles. The highest BCUT2D eigenvalue weighted by Crippen LogP contribution is 2.27. The second-order valence-electron chi connectivity index (χ2n) is 5.43. The average molecular weight is 379 g/mol. The number of benzene rings is 2. The molecule has 0 atom stereocenters. The number of hydrogen-bond donors (Lipinski definition) is 2. The normalized spacial score (nSPS) is 10.1. The van der Waals surface area contributed by atoms with Crippen LogP contribution in [-0.4, -0.2) is 39.9 Å². The molecule has 2 rings (SSSR count). The second kappa shape index (κ2) is 10.4. The van der Waals surface area contributed by atoms with E-state index >= 15 is 0 Å². The van der Waals surface area contributed by atoms with Crippen LogP contribution in [0.2, 0.25) is 5.02 Å². The molecule has 0 aliphatic carbocycles. The zero-order valence-electron chi connectivity index (χ0n) is 14.9. The summed E-state index contributed by atoms with van der Waals surface area (Å²) in [6.07, 6.45) is 0.687. The van der Waals surface area contributed by atoms with Crippen molar-refractivity contribution in [3.63, 3.8) is 0 Å². The van der Waals surface area contributed by atoms with Gasteiger partial charge in [0.1, 0.15) is 12.4 Å². The van der Waals surface area contributed by atoms with Crippen LogP contribution in [0.4, 0.5) is 4.79 Å². The summed E-state index contributed by atoms with van der Waals surface area (Å²) in [6.45, 7) is 1.27. The maximum atomic E-state index is 11.8. The lowest BCUT2D eigenvalue weighted by atomic mass is 10.1. The lowest BCUT2D eigenvalue weighted by Gasteiger charge is -2.11. The predicted molar refractivity (Wildman–Crippen MR) is 102 cm³/mol. The van der Waals surface area contributed by atoms with Crippen LogP contribution in [0.3, 0.4) is 0 Å². The highest BCUT2D eigenvalue weighted by atomic mass is 35.5. The molecule has 0 aliphatic rings. The third-order valence-electron chi connectivity index (χ3n) is 3.60. The van der Waals surface area contributed by atoms with Crippen LogP contribution in [0.25, 0.3) is 0 Å². The molecule has 7 heteroatoms. The quantitative estimate of drug-likeness (QED) is 0.657. The number of rotatable bonds is 9. The molecule has 0 aromatic heterocycles. The molecule has 2 amide bonds. The van der Waals surface area contributed by atoms with Gasteiger partial charge in [-0.1, -0.05) is 23.7 Å². The fourth-order valence-electron chi connectivity index (χ4n) is 2.31. The number of ether oxygens (including phenoxy) is 3. The molecule has 26 heavy (non-hydrogen) atoms. The van der Waals surface area contributed by atoms with Crippen LogP contribution in [-0.2, 0) is 6.42 Å². The number of urea groups is 1. The van der Waals surface area contributed by atoms with Crippen molar-refractivity contribution in [3.05, 3.63) is 53.1 Å². The van der Waals surface area contributed by atoms with Crippen molar-refractivity contribution in [2.24, 2.45) is 0 Å². The molecule has 0 fully saturated rings. The van der Waals surface area contributed by atoms with Gasteiger partial charge in [-0.2, -0.15) is 0 Å². The molecule has 0 aliphatic heterocycles. The van der Waals surface area contributed by atoms with Crippen LogP contribution in [0.5, 0.6) is 17.2 Å². The number of halogens is 1. The molecule has 0 unspecified atom stereocenters. The minimum Gasteiger partial charge on any atom is -0.493 e. The van der Waals surface area contributed by atoms with E-state index in [2.05, 4.69) is 10.6 Å². The summed E-state index contributed by atoms with van der Waals surface area (Å²) in [7, 11) is 3.19. The van der Waals surface area contributed by atoms with E-state index in [-0.39, 0.29) is 6.03 Å². The summed E-state index contributed by atoms with van der Waals surface area (Å²) in [5.74, 6) is 2.03. The van der Waals surface area contributed by atoms with E-state index < -0.39 is 0 Å². The third-order valence-corrected chi connectivity index (χ3v) is 3.83.